The quantitative estimate of drug-likeness (QED) is 0.849. The number of hydrogen-bond acceptors (Lipinski definition) is 4. The van der Waals surface area contributed by atoms with E-state index in [4.69, 9.17) is 0 Å². The van der Waals surface area contributed by atoms with E-state index in [1.54, 1.807) is 18.7 Å². The summed E-state index contributed by atoms with van der Waals surface area (Å²) in [5.41, 5.74) is 0.830. The molecule has 1 aromatic rings. The fourth-order valence-corrected chi connectivity index (χ4v) is 2.87. The number of amides is 1. The van der Waals surface area contributed by atoms with Gasteiger partial charge in [0.15, 0.2) is 0 Å². The van der Waals surface area contributed by atoms with Crippen LogP contribution in [-0.4, -0.2) is 35.2 Å². The van der Waals surface area contributed by atoms with Crippen LogP contribution in [0.15, 0.2) is 10.8 Å². The number of thiophene rings is 1. The summed E-state index contributed by atoms with van der Waals surface area (Å²) < 4.78 is 0. The summed E-state index contributed by atoms with van der Waals surface area (Å²) in [4.78, 5) is 11.8. The van der Waals surface area contributed by atoms with Crippen molar-refractivity contribution in [1.82, 2.24) is 5.32 Å². The van der Waals surface area contributed by atoms with Crippen molar-refractivity contribution in [3.63, 3.8) is 0 Å². The van der Waals surface area contributed by atoms with E-state index in [9.17, 15) is 9.90 Å². The van der Waals surface area contributed by atoms with E-state index in [2.05, 4.69) is 5.32 Å². The third-order valence-corrected chi connectivity index (χ3v) is 3.96. The van der Waals surface area contributed by atoms with Crippen LogP contribution in [0, 0.1) is 6.92 Å². The van der Waals surface area contributed by atoms with Gasteiger partial charge in [0.25, 0.3) is 5.91 Å². The Kier molecular flexibility index (Phi) is 4.83. The number of carbonyl (C=O) groups is 1. The largest absolute Gasteiger partial charge is 0.387 e. The lowest BCUT2D eigenvalue weighted by Gasteiger charge is -2.22. The fraction of sp³-hybridized carbons (Fsp3) is 0.545. The summed E-state index contributed by atoms with van der Waals surface area (Å²) in [6.45, 7) is 3.91. The van der Waals surface area contributed by atoms with Crippen molar-refractivity contribution >= 4 is 29.0 Å². The molecule has 1 atom stereocenters. The predicted molar refractivity (Wildman–Crippen MR) is 70.4 cm³/mol. The van der Waals surface area contributed by atoms with E-state index in [1.807, 2.05) is 23.9 Å². The molecule has 16 heavy (non-hydrogen) atoms. The number of aliphatic hydroxyl groups is 1. The van der Waals surface area contributed by atoms with Crippen LogP contribution in [0.5, 0.6) is 0 Å². The Bertz CT molecular complexity index is 361. The third kappa shape index (κ3) is 3.81. The lowest BCUT2D eigenvalue weighted by Crippen LogP contribution is -2.42. The van der Waals surface area contributed by atoms with Gasteiger partial charge >= 0.3 is 0 Å². The van der Waals surface area contributed by atoms with Gasteiger partial charge in [-0.3, -0.25) is 4.79 Å². The number of carbonyl (C=O) groups excluding carboxylic acids is 1. The minimum Gasteiger partial charge on any atom is -0.387 e. The summed E-state index contributed by atoms with van der Waals surface area (Å²) in [7, 11) is 0. The molecular formula is C11H17NO2S2. The normalized spacial score (nSPS) is 14.5. The van der Waals surface area contributed by atoms with Crippen LogP contribution >= 0.6 is 23.1 Å². The van der Waals surface area contributed by atoms with Crippen molar-refractivity contribution in [3.8, 4) is 0 Å². The summed E-state index contributed by atoms with van der Waals surface area (Å²) in [5, 5.41) is 16.4. The average molecular weight is 259 g/mol. The molecule has 1 rings (SSSR count). The number of nitrogens with one attached hydrogen (secondary N) is 1. The molecule has 1 aromatic heterocycles. The van der Waals surface area contributed by atoms with Crippen LogP contribution in [0.2, 0.25) is 0 Å². The van der Waals surface area contributed by atoms with Gasteiger partial charge in [0, 0.05) is 17.7 Å². The highest BCUT2D eigenvalue weighted by Gasteiger charge is 2.21. The van der Waals surface area contributed by atoms with E-state index in [0.717, 1.165) is 5.56 Å². The van der Waals surface area contributed by atoms with Crippen molar-refractivity contribution in [2.75, 3.05) is 18.6 Å². The summed E-state index contributed by atoms with van der Waals surface area (Å²) in [6, 6.07) is 0. The summed E-state index contributed by atoms with van der Waals surface area (Å²) >= 11 is 3.07. The second kappa shape index (κ2) is 5.70. The van der Waals surface area contributed by atoms with Gasteiger partial charge < -0.3 is 10.4 Å². The smallest absolute Gasteiger partial charge is 0.252 e. The zero-order valence-electron chi connectivity index (χ0n) is 9.74. The van der Waals surface area contributed by atoms with Crippen molar-refractivity contribution < 1.29 is 9.90 Å². The minimum atomic E-state index is -0.848. The van der Waals surface area contributed by atoms with Crippen molar-refractivity contribution in [2.45, 2.75) is 19.4 Å². The van der Waals surface area contributed by atoms with E-state index < -0.39 is 5.60 Å². The zero-order valence-corrected chi connectivity index (χ0v) is 11.4. The maximum Gasteiger partial charge on any atom is 0.252 e. The van der Waals surface area contributed by atoms with E-state index in [-0.39, 0.29) is 12.5 Å². The van der Waals surface area contributed by atoms with Crippen LogP contribution < -0.4 is 5.32 Å². The second-order valence-corrected chi connectivity index (χ2v) is 5.69. The Morgan fingerprint density at radius 3 is 2.81 bits per heavy atom. The molecule has 1 unspecified atom stereocenters. The first-order valence-corrected chi connectivity index (χ1v) is 7.32. The topological polar surface area (TPSA) is 49.3 Å². The van der Waals surface area contributed by atoms with Crippen LogP contribution in [0.3, 0.4) is 0 Å². The van der Waals surface area contributed by atoms with Gasteiger partial charge in [-0.15, -0.1) is 0 Å². The second-order valence-electron chi connectivity index (χ2n) is 4.08. The van der Waals surface area contributed by atoms with Crippen LogP contribution in [0.4, 0.5) is 0 Å². The molecule has 3 nitrogen and oxygen atoms in total. The van der Waals surface area contributed by atoms with Crippen molar-refractivity contribution in [1.29, 1.82) is 0 Å². The highest BCUT2D eigenvalue weighted by atomic mass is 32.2. The molecule has 0 fully saturated rings. The Labute approximate surface area is 104 Å². The molecule has 90 valence electrons. The van der Waals surface area contributed by atoms with Crippen molar-refractivity contribution in [2.24, 2.45) is 0 Å². The van der Waals surface area contributed by atoms with Gasteiger partial charge in [0.2, 0.25) is 0 Å². The monoisotopic (exact) mass is 259 g/mol. The lowest BCUT2D eigenvalue weighted by molar-refractivity contribution is 0.0725. The van der Waals surface area contributed by atoms with Gasteiger partial charge in [-0.1, -0.05) is 0 Å². The molecule has 0 spiro atoms. The molecule has 0 saturated carbocycles. The number of hydrogen-bond donors (Lipinski definition) is 2. The Morgan fingerprint density at radius 2 is 2.31 bits per heavy atom. The molecule has 0 aromatic carbocycles. The van der Waals surface area contributed by atoms with Gasteiger partial charge in [0.05, 0.1) is 11.2 Å². The molecule has 1 amide bonds. The predicted octanol–water partition coefficient (Wildman–Crippen LogP) is 1.90. The summed E-state index contributed by atoms with van der Waals surface area (Å²) in [6.07, 6.45) is 1.93. The molecule has 2 N–H and O–H groups in total. The maximum absolute atomic E-state index is 11.8. The number of rotatable bonds is 5. The van der Waals surface area contributed by atoms with Crippen LogP contribution in [0.25, 0.3) is 0 Å². The van der Waals surface area contributed by atoms with E-state index >= 15 is 0 Å². The highest BCUT2D eigenvalue weighted by molar-refractivity contribution is 7.98. The van der Waals surface area contributed by atoms with Gasteiger partial charge in [-0.05, 0) is 31.0 Å². The molecule has 0 aliphatic carbocycles. The number of aryl methyl sites for hydroxylation is 1. The van der Waals surface area contributed by atoms with E-state index in [1.165, 1.54) is 11.3 Å². The Hall–Kier alpha value is -0.520. The standard InChI is InChI=1S/C11H17NO2S2/c1-8-4-16-5-9(8)10(13)12-6-11(2,14)7-15-3/h4-5,14H,6-7H2,1-3H3,(H,12,13). The molecule has 0 aliphatic heterocycles. The molecule has 0 bridgehead atoms. The number of thioether (sulfide) groups is 1. The molecular weight excluding hydrogens is 242 g/mol. The van der Waals surface area contributed by atoms with E-state index in [0.29, 0.717) is 11.3 Å². The summed E-state index contributed by atoms with van der Waals surface area (Å²) in [5.74, 6) is 0.496. The van der Waals surface area contributed by atoms with Gasteiger partial charge in [0.1, 0.15) is 0 Å². The Morgan fingerprint density at radius 1 is 1.62 bits per heavy atom. The third-order valence-electron chi connectivity index (χ3n) is 2.19. The molecule has 0 saturated heterocycles. The molecule has 0 aliphatic rings. The van der Waals surface area contributed by atoms with Crippen LogP contribution in [-0.2, 0) is 0 Å². The molecule has 0 radical (unpaired) electrons. The Balaban J connectivity index is 2.51. The first-order chi connectivity index (χ1) is 7.46. The SMILES string of the molecule is CSCC(C)(O)CNC(=O)c1cscc1C. The first kappa shape index (κ1) is 13.5. The fourth-order valence-electron chi connectivity index (χ4n) is 1.32. The molecule has 1 heterocycles. The van der Waals surface area contributed by atoms with Gasteiger partial charge in [-0.25, -0.2) is 0 Å². The van der Waals surface area contributed by atoms with Gasteiger partial charge in [-0.2, -0.15) is 23.1 Å². The maximum atomic E-state index is 11.8. The average Bonchev–Trinajstić information content (AvgIpc) is 2.61. The van der Waals surface area contributed by atoms with Crippen LogP contribution in [0.1, 0.15) is 22.8 Å². The minimum absolute atomic E-state index is 0.111. The highest BCUT2D eigenvalue weighted by Crippen LogP contribution is 2.14. The first-order valence-electron chi connectivity index (χ1n) is 4.98. The van der Waals surface area contributed by atoms with Crippen molar-refractivity contribution in [3.05, 3.63) is 21.9 Å². The zero-order chi connectivity index (χ0) is 12.2. The lowest BCUT2D eigenvalue weighted by atomic mass is 10.1. The molecule has 5 heteroatoms.